The van der Waals surface area contributed by atoms with Gasteiger partial charge in [0.25, 0.3) is 0 Å². The molecule has 1 heterocycles. The highest BCUT2D eigenvalue weighted by Gasteiger charge is 2.02. The number of hydrogen-bond donors (Lipinski definition) is 1. The predicted octanol–water partition coefficient (Wildman–Crippen LogP) is -0.275. The fourth-order valence-corrected chi connectivity index (χ4v) is 1.12. The zero-order valence-electron chi connectivity index (χ0n) is 8.90. The molecular weight excluding hydrogens is 182 g/mol. The van der Waals surface area contributed by atoms with Gasteiger partial charge in [-0.3, -0.25) is 0 Å². The number of tetrazole rings is 1. The normalized spacial score (nSPS) is 13.1. The van der Waals surface area contributed by atoms with Crippen LogP contribution < -0.4 is 5.32 Å². The van der Waals surface area contributed by atoms with Crippen LogP contribution in [0.3, 0.4) is 0 Å². The molecule has 1 aromatic rings. The van der Waals surface area contributed by atoms with Crippen molar-refractivity contribution in [2.45, 2.75) is 26.5 Å². The van der Waals surface area contributed by atoms with Gasteiger partial charge in [-0.2, -0.15) is 4.80 Å². The minimum absolute atomic E-state index is 0.219. The van der Waals surface area contributed by atoms with E-state index in [9.17, 15) is 0 Å². The van der Waals surface area contributed by atoms with Gasteiger partial charge < -0.3 is 10.1 Å². The highest BCUT2D eigenvalue weighted by Crippen LogP contribution is 1.89. The first-order chi connectivity index (χ1) is 6.72. The van der Waals surface area contributed by atoms with Crippen LogP contribution in [0.5, 0.6) is 0 Å². The van der Waals surface area contributed by atoms with Crippen LogP contribution in [0.15, 0.2) is 0 Å². The average Bonchev–Trinajstić information content (AvgIpc) is 2.52. The summed E-state index contributed by atoms with van der Waals surface area (Å²) >= 11 is 0. The summed E-state index contributed by atoms with van der Waals surface area (Å²) in [6.07, 6.45) is 0.219. The molecule has 1 rings (SSSR count). The molecule has 0 saturated heterocycles. The number of aryl methyl sites for hydroxylation is 1. The maximum Gasteiger partial charge on any atom is 0.188 e. The van der Waals surface area contributed by atoms with Crippen LogP contribution in [0.25, 0.3) is 0 Å². The molecule has 0 aliphatic rings. The smallest absolute Gasteiger partial charge is 0.188 e. The van der Waals surface area contributed by atoms with Crippen molar-refractivity contribution in [1.82, 2.24) is 25.5 Å². The summed E-state index contributed by atoms with van der Waals surface area (Å²) in [4.78, 5) is 1.45. The van der Waals surface area contributed by atoms with Gasteiger partial charge in [-0.25, -0.2) is 0 Å². The molecule has 14 heavy (non-hydrogen) atoms. The van der Waals surface area contributed by atoms with Crippen LogP contribution in [0, 0.1) is 0 Å². The Bertz CT molecular complexity index is 262. The first kappa shape index (κ1) is 11.1. The van der Waals surface area contributed by atoms with E-state index in [0.29, 0.717) is 12.4 Å². The maximum atomic E-state index is 5.36. The van der Waals surface area contributed by atoms with E-state index < -0.39 is 0 Å². The number of nitrogens with one attached hydrogen (secondary N) is 1. The number of nitrogens with zero attached hydrogens (tertiary/aromatic N) is 4. The minimum atomic E-state index is 0.219. The first-order valence-electron chi connectivity index (χ1n) is 4.77. The van der Waals surface area contributed by atoms with Crippen LogP contribution >= 0.6 is 0 Å². The molecule has 1 N–H and O–H groups in total. The number of ether oxygens (including phenoxy) is 1. The Morgan fingerprint density at radius 3 is 2.93 bits per heavy atom. The molecular formula is C8H17N5O. The number of aromatic nitrogens is 4. The summed E-state index contributed by atoms with van der Waals surface area (Å²) in [7, 11) is 1.75. The van der Waals surface area contributed by atoms with Gasteiger partial charge >= 0.3 is 0 Å². The third-order valence-corrected chi connectivity index (χ3v) is 1.72. The van der Waals surface area contributed by atoms with E-state index in [1.165, 1.54) is 4.80 Å². The summed E-state index contributed by atoms with van der Waals surface area (Å²) < 4.78 is 5.36. The Hall–Kier alpha value is -1.01. The van der Waals surface area contributed by atoms with Crippen molar-refractivity contribution in [2.24, 2.45) is 7.05 Å². The van der Waals surface area contributed by atoms with Crippen LogP contribution in [0.4, 0.5) is 0 Å². The highest BCUT2D eigenvalue weighted by molar-refractivity contribution is 4.75. The Balaban J connectivity index is 2.15. The minimum Gasteiger partial charge on any atom is -0.377 e. The lowest BCUT2D eigenvalue weighted by atomic mass is 10.4. The van der Waals surface area contributed by atoms with Crippen molar-refractivity contribution in [2.75, 3.05) is 13.2 Å². The number of hydrogen-bond acceptors (Lipinski definition) is 5. The molecule has 0 saturated carbocycles. The summed E-state index contributed by atoms with van der Waals surface area (Å²) in [6, 6.07) is 0. The molecule has 0 spiro atoms. The van der Waals surface area contributed by atoms with Gasteiger partial charge in [0.15, 0.2) is 5.82 Å². The third kappa shape index (κ3) is 3.80. The molecule has 6 heteroatoms. The summed E-state index contributed by atoms with van der Waals surface area (Å²) in [6.45, 7) is 6.19. The van der Waals surface area contributed by atoms with Gasteiger partial charge in [-0.15, -0.1) is 10.2 Å². The second-order valence-electron chi connectivity index (χ2n) is 3.09. The van der Waals surface area contributed by atoms with Gasteiger partial charge in [0.05, 0.1) is 19.7 Å². The molecule has 1 atom stereocenters. The van der Waals surface area contributed by atoms with E-state index in [-0.39, 0.29) is 6.10 Å². The molecule has 0 aromatic carbocycles. The average molecular weight is 199 g/mol. The van der Waals surface area contributed by atoms with Gasteiger partial charge in [0.1, 0.15) is 0 Å². The maximum absolute atomic E-state index is 5.36. The van der Waals surface area contributed by atoms with Crippen molar-refractivity contribution in [1.29, 1.82) is 0 Å². The Morgan fingerprint density at radius 2 is 2.36 bits per heavy atom. The summed E-state index contributed by atoms with van der Waals surface area (Å²) in [5.74, 6) is 0.705. The molecule has 1 unspecified atom stereocenters. The van der Waals surface area contributed by atoms with Crippen molar-refractivity contribution < 1.29 is 4.74 Å². The summed E-state index contributed by atoms with van der Waals surface area (Å²) in [5, 5.41) is 14.8. The number of rotatable bonds is 6. The van der Waals surface area contributed by atoms with Crippen LogP contribution in [-0.4, -0.2) is 39.5 Å². The second kappa shape index (κ2) is 5.66. The Labute approximate surface area is 83.6 Å². The highest BCUT2D eigenvalue weighted by atomic mass is 16.5. The standard InChI is InChI=1S/C8H17N5O/c1-4-14-7(2)5-9-6-8-10-12-13(3)11-8/h7,9H,4-6H2,1-3H3. The molecule has 0 amide bonds. The van der Waals surface area contributed by atoms with Crippen molar-refractivity contribution >= 4 is 0 Å². The fourth-order valence-electron chi connectivity index (χ4n) is 1.12. The largest absolute Gasteiger partial charge is 0.377 e. The van der Waals surface area contributed by atoms with Crippen LogP contribution in [-0.2, 0) is 18.3 Å². The fraction of sp³-hybridized carbons (Fsp3) is 0.875. The molecule has 0 bridgehead atoms. The Morgan fingerprint density at radius 1 is 1.57 bits per heavy atom. The van der Waals surface area contributed by atoms with E-state index in [1.54, 1.807) is 7.05 Å². The lowest BCUT2D eigenvalue weighted by Crippen LogP contribution is -2.26. The SMILES string of the molecule is CCOC(C)CNCc1nnn(C)n1. The zero-order chi connectivity index (χ0) is 10.4. The van der Waals surface area contributed by atoms with Gasteiger partial charge in [0.2, 0.25) is 0 Å². The van der Waals surface area contributed by atoms with Crippen molar-refractivity contribution in [3.8, 4) is 0 Å². The monoisotopic (exact) mass is 199 g/mol. The van der Waals surface area contributed by atoms with Gasteiger partial charge in [-0.1, -0.05) is 0 Å². The van der Waals surface area contributed by atoms with E-state index in [4.69, 9.17) is 4.74 Å². The quantitative estimate of drug-likeness (QED) is 0.683. The molecule has 0 fully saturated rings. The van der Waals surface area contributed by atoms with Crippen molar-refractivity contribution in [3.05, 3.63) is 5.82 Å². The zero-order valence-corrected chi connectivity index (χ0v) is 8.90. The van der Waals surface area contributed by atoms with Crippen LogP contribution in [0.2, 0.25) is 0 Å². The van der Waals surface area contributed by atoms with Crippen LogP contribution in [0.1, 0.15) is 19.7 Å². The van der Waals surface area contributed by atoms with Crippen molar-refractivity contribution in [3.63, 3.8) is 0 Å². The van der Waals surface area contributed by atoms with E-state index in [1.807, 2.05) is 13.8 Å². The van der Waals surface area contributed by atoms with E-state index in [2.05, 4.69) is 20.7 Å². The predicted molar refractivity (Wildman–Crippen MR) is 51.6 cm³/mol. The molecule has 6 nitrogen and oxygen atoms in total. The lowest BCUT2D eigenvalue weighted by Gasteiger charge is -2.10. The Kier molecular flexibility index (Phi) is 4.48. The molecule has 1 aromatic heterocycles. The van der Waals surface area contributed by atoms with E-state index in [0.717, 1.165) is 13.2 Å². The molecule has 0 radical (unpaired) electrons. The molecule has 0 aliphatic heterocycles. The topological polar surface area (TPSA) is 64.9 Å². The van der Waals surface area contributed by atoms with E-state index >= 15 is 0 Å². The molecule has 0 aliphatic carbocycles. The first-order valence-corrected chi connectivity index (χ1v) is 4.77. The second-order valence-corrected chi connectivity index (χ2v) is 3.09. The van der Waals surface area contributed by atoms with Gasteiger partial charge in [-0.05, 0) is 19.1 Å². The third-order valence-electron chi connectivity index (χ3n) is 1.72. The lowest BCUT2D eigenvalue weighted by molar-refractivity contribution is 0.0758. The summed E-state index contributed by atoms with van der Waals surface area (Å²) in [5.41, 5.74) is 0. The van der Waals surface area contributed by atoms with Gasteiger partial charge in [0, 0.05) is 13.2 Å². The molecule has 80 valence electrons.